The van der Waals surface area contributed by atoms with Crippen LogP contribution >= 0.6 is 11.3 Å². The number of fused-ring (bicyclic) bond motifs is 1. The van der Waals surface area contributed by atoms with E-state index in [1.807, 2.05) is 11.6 Å². The smallest absolute Gasteiger partial charge is 0.261 e. The Labute approximate surface area is 152 Å². The molecule has 0 aromatic carbocycles. The van der Waals surface area contributed by atoms with Crippen molar-refractivity contribution in [3.63, 3.8) is 0 Å². The molecule has 2 aromatic rings. The van der Waals surface area contributed by atoms with E-state index >= 15 is 0 Å². The van der Waals surface area contributed by atoms with Gasteiger partial charge in [-0.25, -0.2) is 15.5 Å². The number of carbonyl (C=O) groups is 1. The minimum Gasteiger partial charge on any atom is -0.395 e. The lowest BCUT2D eigenvalue weighted by Crippen LogP contribution is -2.33. The summed E-state index contributed by atoms with van der Waals surface area (Å²) in [6.07, 6.45) is 8.83. The molecule has 0 saturated carbocycles. The van der Waals surface area contributed by atoms with E-state index in [2.05, 4.69) is 31.1 Å². The molecule has 0 spiro atoms. The highest BCUT2D eigenvalue weighted by Gasteiger charge is 2.22. The van der Waals surface area contributed by atoms with Gasteiger partial charge in [0.1, 0.15) is 0 Å². The maximum absolute atomic E-state index is 12.0. The number of aromatic nitrogens is 2. The van der Waals surface area contributed by atoms with Gasteiger partial charge in [-0.2, -0.15) is 10.2 Å². The second-order valence-corrected chi connectivity index (χ2v) is 6.39. The number of aliphatic imine (C=N–C) groups is 1. The number of hydrogen-bond acceptors (Lipinski definition) is 8. The molecule has 4 N–H and O–H groups in total. The van der Waals surface area contributed by atoms with Crippen molar-refractivity contribution < 1.29 is 9.90 Å². The Bertz CT molecular complexity index is 940. The summed E-state index contributed by atoms with van der Waals surface area (Å²) in [7, 11) is 0. The molecule has 2 aromatic heterocycles. The Hall–Kier alpha value is -3.24. The topological polar surface area (TPSA) is 118 Å². The standard InChI is InChI=1S/C16H15N7O2S/c24-2-1-17-16(25)14-3-10(9-26-14)13-7-21-22-23-8-12(4-18-15(13)23)11-5-19-20-6-11/h3-9,22,24H,1-2H2,(H,17,25)(H,19,20). The zero-order valence-corrected chi connectivity index (χ0v) is 14.3. The first-order valence-electron chi connectivity index (χ1n) is 7.81. The van der Waals surface area contributed by atoms with E-state index in [1.54, 1.807) is 35.9 Å². The van der Waals surface area contributed by atoms with Crippen molar-refractivity contribution in [2.45, 2.75) is 0 Å². The second kappa shape index (κ2) is 6.94. The van der Waals surface area contributed by atoms with Crippen LogP contribution in [-0.2, 0) is 0 Å². The average molecular weight is 369 g/mol. The first-order chi connectivity index (χ1) is 12.8. The van der Waals surface area contributed by atoms with Gasteiger partial charge in [0.2, 0.25) is 0 Å². The van der Waals surface area contributed by atoms with Gasteiger partial charge >= 0.3 is 0 Å². The van der Waals surface area contributed by atoms with Crippen LogP contribution in [0.3, 0.4) is 0 Å². The number of thiophene rings is 1. The number of hydrogen-bond donors (Lipinski definition) is 4. The summed E-state index contributed by atoms with van der Waals surface area (Å²) in [5.41, 5.74) is 6.36. The Morgan fingerprint density at radius 3 is 3.08 bits per heavy atom. The molecule has 26 heavy (non-hydrogen) atoms. The number of hydrazone groups is 1. The fourth-order valence-corrected chi connectivity index (χ4v) is 3.35. The summed E-state index contributed by atoms with van der Waals surface area (Å²) in [5.74, 6) is 0.477. The van der Waals surface area contributed by atoms with Crippen LogP contribution in [0.5, 0.6) is 0 Å². The normalized spacial score (nSPS) is 15.6. The van der Waals surface area contributed by atoms with Crippen LogP contribution in [-0.4, -0.2) is 51.8 Å². The number of aliphatic hydroxyl groups is 1. The fourth-order valence-electron chi connectivity index (χ4n) is 2.53. The Balaban J connectivity index is 1.62. The van der Waals surface area contributed by atoms with E-state index in [1.165, 1.54) is 11.3 Å². The van der Waals surface area contributed by atoms with Gasteiger partial charge in [-0.3, -0.25) is 9.89 Å². The zero-order chi connectivity index (χ0) is 17.9. The molecule has 9 nitrogen and oxygen atoms in total. The Kier molecular flexibility index (Phi) is 4.33. The lowest BCUT2D eigenvalue weighted by Gasteiger charge is -2.27. The highest BCUT2D eigenvalue weighted by molar-refractivity contribution is 7.12. The molecule has 4 heterocycles. The lowest BCUT2D eigenvalue weighted by atomic mass is 10.1. The zero-order valence-electron chi connectivity index (χ0n) is 13.5. The molecule has 0 fully saturated rings. The van der Waals surface area contributed by atoms with Gasteiger partial charge in [0.25, 0.3) is 5.91 Å². The molecule has 0 atom stereocenters. The number of aromatic amines is 1. The fraction of sp³-hybridized carbons (Fsp3) is 0.125. The van der Waals surface area contributed by atoms with E-state index in [-0.39, 0.29) is 19.1 Å². The van der Waals surface area contributed by atoms with E-state index in [4.69, 9.17) is 5.11 Å². The number of nitrogens with zero attached hydrogens (tertiary/aromatic N) is 4. The number of nitrogens with one attached hydrogen (secondary N) is 3. The van der Waals surface area contributed by atoms with Crippen molar-refractivity contribution in [2.75, 3.05) is 13.2 Å². The summed E-state index contributed by atoms with van der Waals surface area (Å²) < 4.78 is 0. The summed E-state index contributed by atoms with van der Waals surface area (Å²) in [6, 6.07) is 1.79. The quantitative estimate of drug-likeness (QED) is 0.622. The SMILES string of the molecule is O=C(NCCO)c1cc(C2=C3N=CC(c4cn[nH]c4)=CN3NN=C2)cs1. The van der Waals surface area contributed by atoms with Crippen molar-refractivity contribution in [3.8, 4) is 0 Å². The molecular weight excluding hydrogens is 354 g/mol. The van der Waals surface area contributed by atoms with Gasteiger partial charge in [0.15, 0.2) is 5.82 Å². The van der Waals surface area contributed by atoms with Crippen LogP contribution < -0.4 is 10.9 Å². The van der Waals surface area contributed by atoms with Crippen LogP contribution in [0.2, 0.25) is 0 Å². The lowest BCUT2D eigenvalue weighted by molar-refractivity contribution is 0.0949. The number of H-pyrrole nitrogens is 1. The number of allylic oxidation sites excluding steroid dienone is 2. The number of carbonyl (C=O) groups excluding carboxylic acids is 1. The third-order valence-electron chi connectivity index (χ3n) is 3.79. The summed E-state index contributed by atoms with van der Waals surface area (Å²) in [5, 5.41) is 25.9. The van der Waals surface area contributed by atoms with Crippen LogP contribution in [0.15, 0.2) is 46.0 Å². The van der Waals surface area contributed by atoms with Crippen molar-refractivity contribution >= 4 is 40.8 Å². The largest absolute Gasteiger partial charge is 0.395 e. The molecule has 0 bridgehead atoms. The van der Waals surface area contributed by atoms with Gasteiger partial charge in [0, 0.05) is 41.9 Å². The van der Waals surface area contributed by atoms with Gasteiger partial charge in [-0.05, 0) is 17.0 Å². The minimum absolute atomic E-state index is 0.0907. The third kappa shape index (κ3) is 3.03. The summed E-state index contributed by atoms with van der Waals surface area (Å²) >= 11 is 1.33. The van der Waals surface area contributed by atoms with Crippen molar-refractivity contribution in [1.29, 1.82) is 0 Å². The van der Waals surface area contributed by atoms with Crippen LogP contribution in [0.4, 0.5) is 0 Å². The molecule has 2 aliphatic rings. The van der Waals surface area contributed by atoms with Gasteiger partial charge in [-0.15, -0.1) is 11.3 Å². The number of aliphatic hydroxyl groups excluding tert-OH is 1. The van der Waals surface area contributed by atoms with Gasteiger partial charge in [-0.1, -0.05) is 0 Å². The first-order valence-corrected chi connectivity index (χ1v) is 8.69. The average Bonchev–Trinajstić information content (AvgIpc) is 3.37. The maximum Gasteiger partial charge on any atom is 0.261 e. The summed E-state index contributed by atoms with van der Waals surface area (Å²) in [6.45, 7) is 0.137. The highest BCUT2D eigenvalue weighted by atomic mass is 32.1. The molecule has 132 valence electrons. The monoisotopic (exact) mass is 369 g/mol. The highest BCUT2D eigenvalue weighted by Crippen LogP contribution is 2.29. The molecule has 0 saturated heterocycles. The van der Waals surface area contributed by atoms with E-state index < -0.39 is 0 Å². The molecule has 0 unspecified atom stereocenters. The van der Waals surface area contributed by atoms with Gasteiger partial charge in [0.05, 0.1) is 23.9 Å². The van der Waals surface area contributed by atoms with Gasteiger partial charge < -0.3 is 10.4 Å². The molecule has 0 radical (unpaired) electrons. The Morgan fingerprint density at radius 2 is 2.27 bits per heavy atom. The predicted molar refractivity (Wildman–Crippen MR) is 99.2 cm³/mol. The molecule has 4 rings (SSSR count). The first kappa shape index (κ1) is 16.2. The van der Waals surface area contributed by atoms with Crippen molar-refractivity contribution in [1.82, 2.24) is 26.1 Å². The minimum atomic E-state index is -0.210. The summed E-state index contributed by atoms with van der Waals surface area (Å²) in [4.78, 5) is 17.1. The molecule has 0 aliphatic carbocycles. The number of rotatable bonds is 5. The maximum atomic E-state index is 12.0. The van der Waals surface area contributed by atoms with Crippen molar-refractivity contribution in [3.05, 3.63) is 51.9 Å². The number of amides is 1. The van der Waals surface area contributed by atoms with E-state index in [0.29, 0.717) is 10.7 Å². The van der Waals surface area contributed by atoms with Crippen molar-refractivity contribution in [2.24, 2.45) is 10.1 Å². The molecule has 2 aliphatic heterocycles. The predicted octanol–water partition coefficient (Wildman–Crippen LogP) is 0.793. The van der Waals surface area contributed by atoms with E-state index in [9.17, 15) is 4.79 Å². The molecular formula is C16H15N7O2S. The molecule has 1 amide bonds. The van der Waals surface area contributed by atoms with Crippen LogP contribution in [0.1, 0.15) is 20.8 Å². The van der Waals surface area contributed by atoms with Crippen LogP contribution in [0.25, 0.3) is 11.1 Å². The second-order valence-electron chi connectivity index (χ2n) is 5.47. The third-order valence-corrected chi connectivity index (χ3v) is 4.71. The Morgan fingerprint density at radius 1 is 1.35 bits per heavy atom. The van der Waals surface area contributed by atoms with Crippen LogP contribution in [0, 0.1) is 0 Å². The number of hydrazine groups is 1. The van der Waals surface area contributed by atoms with E-state index in [0.717, 1.165) is 22.3 Å². The molecule has 10 heteroatoms.